The lowest BCUT2D eigenvalue weighted by molar-refractivity contribution is -0.0287. The number of amides is 1. The molecule has 1 amide bonds. The van der Waals surface area contributed by atoms with Gasteiger partial charge in [-0.05, 0) is 51.7 Å². The molecule has 0 unspecified atom stereocenters. The number of hydrogen-bond donors (Lipinski definition) is 1. The van der Waals surface area contributed by atoms with Gasteiger partial charge in [0.05, 0.1) is 32.9 Å². The van der Waals surface area contributed by atoms with Gasteiger partial charge in [-0.2, -0.15) is 0 Å². The molecule has 0 aliphatic carbocycles. The first-order chi connectivity index (χ1) is 17.9. The van der Waals surface area contributed by atoms with Crippen molar-refractivity contribution in [2.75, 3.05) is 5.32 Å². The van der Waals surface area contributed by atoms with Gasteiger partial charge in [0.25, 0.3) is 5.91 Å². The fourth-order valence-corrected chi connectivity index (χ4v) is 6.90. The maximum absolute atomic E-state index is 13.4. The molecule has 2 saturated heterocycles. The van der Waals surface area contributed by atoms with Crippen LogP contribution in [-0.4, -0.2) is 54.1 Å². The molecule has 0 spiro atoms. The Morgan fingerprint density at radius 1 is 1.16 bits per heavy atom. The topological polar surface area (TPSA) is 119 Å². The average Bonchev–Trinajstić information content (AvgIpc) is 3.65. The highest BCUT2D eigenvalue weighted by Crippen LogP contribution is 2.38. The summed E-state index contributed by atoms with van der Waals surface area (Å²) in [6.45, 7) is 6.07. The van der Waals surface area contributed by atoms with E-state index in [0.29, 0.717) is 29.8 Å². The molecule has 12 heteroatoms. The number of hydrogen-bond acceptors (Lipinski definition) is 11. The summed E-state index contributed by atoms with van der Waals surface area (Å²) in [5.74, 6) is 1.71. The molecule has 2 aliphatic heterocycles. The van der Waals surface area contributed by atoms with Crippen molar-refractivity contribution in [3.8, 4) is 10.6 Å². The molecule has 4 aromatic rings. The quantitative estimate of drug-likeness (QED) is 0.345. The third-order valence-electron chi connectivity index (χ3n) is 6.82. The highest BCUT2D eigenvalue weighted by Gasteiger charge is 2.44. The number of carbonyl (C=O) groups excluding carboxylic acids is 1. The number of aromatic nitrogens is 5. The van der Waals surface area contributed by atoms with Crippen LogP contribution in [0.25, 0.3) is 10.6 Å². The van der Waals surface area contributed by atoms with Crippen molar-refractivity contribution in [1.82, 2.24) is 30.0 Å². The number of nitrogens with one attached hydrogen (secondary N) is 1. The second kappa shape index (κ2) is 9.92. The van der Waals surface area contributed by atoms with Crippen molar-refractivity contribution in [2.24, 2.45) is 0 Å². The monoisotopic (exact) mass is 537 g/mol. The molecule has 0 aromatic carbocycles. The zero-order valence-corrected chi connectivity index (χ0v) is 22.4. The van der Waals surface area contributed by atoms with Gasteiger partial charge in [0.1, 0.15) is 12.4 Å². The van der Waals surface area contributed by atoms with Crippen LogP contribution in [0, 0.1) is 20.8 Å². The van der Waals surface area contributed by atoms with Gasteiger partial charge in [-0.15, -0.1) is 32.9 Å². The van der Waals surface area contributed by atoms with Gasteiger partial charge in [-0.3, -0.25) is 4.79 Å². The number of pyridine rings is 1. The van der Waals surface area contributed by atoms with E-state index in [-0.39, 0.29) is 24.1 Å². The predicted molar refractivity (Wildman–Crippen MR) is 140 cm³/mol. The molecule has 4 aromatic heterocycles. The Labute approximate surface area is 222 Å². The van der Waals surface area contributed by atoms with E-state index < -0.39 is 0 Å². The van der Waals surface area contributed by atoms with Crippen molar-refractivity contribution < 1.29 is 13.9 Å². The Kier molecular flexibility index (Phi) is 6.47. The molecular weight excluding hydrogens is 510 g/mol. The average molecular weight is 538 g/mol. The van der Waals surface area contributed by atoms with Crippen LogP contribution in [-0.2, 0) is 11.3 Å². The second-order valence-corrected chi connectivity index (χ2v) is 11.5. The standard InChI is InChI=1S/C25H27N7O3S2/c1-13-23(37-15(3)27-13)20-12-36-25(28-20)29-21-7-4-16(10-26-21)24(33)32-17-5-6-18(32)9-19(8-17)34-11-22-31-30-14(2)35-22/h4,7,10,12,17-19H,5-6,8-9,11H2,1-3H3,(H,26,28,29)/t17-,18+,19+. The van der Waals surface area contributed by atoms with Crippen molar-refractivity contribution in [3.05, 3.63) is 51.8 Å². The van der Waals surface area contributed by atoms with Crippen LogP contribution in [0.1, 0.15) is 58.5 Å². The van der Waals surface area contributed by atoms with Crippen molar-refractivity contribution in [1.29, 1.82) is 0 Å². The lowest BCUT2D eigenvalue weighted by Gasteiger charge is -2.38. The van der Waals surface area contributed by atoms with Crippen LogP contribution in [0.3, 0.4) is 0 Å². The first-order valence-corrected chi connectivity index (χ1v) is 14.0. The maximum atomic E-state index is 13.4. The van der Waals surface area contributed by atoms with Gasteiger partial charge >= 0.3 is 0 Å². The summed E-state index contributed by atoms with van der Waals surface area (Å²) < 4.78 is 11.5. The minimum absolute atomic E-state index is 0.0325. The number of anilines is 2. The zero-order valence-electron chi connectivity index (χ0n) is 20.8. The minimum atomic E-state index is 0.0325. The number of aryl methyl sites for hydroxylation is 3. The number of carbonyl (C=O) groups is 1. The molecule has 2 aliphatic rings. The van der Waals surface area contributed by atoms with E-state index in [9.17, 15) is 4.79 Å². The van der Waals surface area contributed by atoms with Gasteiger partial charge in [0, 0.05) is 30.6 Å². The molecule has 2 fully saturated rings. The number of rotatable bonds is 7. The Hall–Kier alpha value is -3.22. The van der Waals surface area contributed by atoms with Crippen LogP contribution in [0.2, 0.25) is 0 Å². The molecular formula is C25H27N7O3S2. The van der Waals surface area contributed by atoms with E-state index in [0.717, 1.165) is 52.1 Å². The van der Waals surface area contributed by atoms with E-state index in [1.54, 1.807) is 24.5 Å². The summed E-state index contributed by atoms with van der Waals surface area (Å²) in [5.41, 5.74) is 2.50. The molecule has 3 atom stereocenters. The lowest BCUT2D eigenvalue weighted by atomic mass is 9.98. The van der Waals surface area contributed by atoms with E-state index in [1.807, 2.05) is 36.3 Å². The molecule has 2 bridgehead atoms. The van der Waals surface area contributed by atoms with Gasteiger partial charge in [-0.1, -0.05) is 0 Å². The minimum Gasteiger partial charge on any atom is -0.423 e. The third kappa shape index (κ3) is 5.00. The number of nitrogens with zero attached hydrogens (tertiary/aromatic N) is 6. The fraction of sp³-hybridized carbons (Fsp3) is 0.440. The molecule has 6 rings (SSSR count). The van der Waals surface area contributed by atoms with Crippen LogP contribution < -0.4 is 5.32 Å². The Balaban J connectivity index is 1.07. The first-order valence-electron chi connectivity index (χ1n) is 12.3. The molecule has 0 saturated carbocycles. The van der Waals surface area contributed by atoms with Crippen molar-refractivity contribution in [3.63, 3.8) is 0 Å². The summed E-state index contributed by atoms with van der Waals surface area (Å²) in [4.78, 5) is 30.2. The SMILES string of the molecule is Cc1nnc(CO[C@H]2C[C@H]3CC[C@@H](C2)N3C(=O)c2ccc(Nc3nc(-c4sc(C)nc4C)cs3)nc2)o1. The molecule has 6 heterocycles. The zero-order chi connectivity index (χ0) is 25.5. The van der Waals surface area contributed by atoms with E-state index in [2.05, 4.69) is 30.5 Å². The highest BCUT2D eigenvalue weighted by molar-refractivity contribution is 7.16. The third-order valence-corrected chi connectivity index (χ3v) is 8.67. The summed E-state index contributed by atoms with van der Waals surface area (Å²) in [6.07, 6.45) is 5.35. The highest BCUT2D eigenvalue weighted by atomic mass is 32.1. The first kappa shape index (κ1) is 24.1. The van der Waals surface area contributed by atoms with Crippen molar-refractivity contribution in [2.45, 2.75) is 71.2 Å². The van der Waals surface area contributed by atoms with Gasteiger partial charge in [0.15, 0.2) is 5.13 Å². The summed E-state index contributed by atoms with van der Waals surface area (Å²) in [5, 5.41) is 14.9. The number of fused-ring (bicyclic) bond motifs is 2. The summed E-state index contributed by atoms with van der Waals surface area (Å²) >= 11 is 3.16. The second-order valence-electron chi connectivity index (χ2n) is 9.46. The van der Waals surface area contributed by atoms with Crippen LogP contribution >= 0.6 is 22.7 Å². The number of thiazole rings is 2. The van der Waals surface area contributed by atoms with E-state index in [4.69, 9.17) is 9.15 Å². The van der Waals surface area contributed by atoms with E-state index in [1.165, 1.54) is 11.3 Å². The largest absolute Gasteiger partial charge is 0.423 e. The molecule has 10 nitrogen and oxygen atoms in total. The predicted octanol–water partition coefficient (Wildman–Crippen LogP) is 5.07. The van der Waals surface area contributed by atoms with Gasteiger partial charge in [0.2, 0.25) is 11.8 Å². The Morgan fingerprint density at radius 3 is 2.62 bits per heavy atom. The Morgan fingerprint density at radius 2 is 1.97 bits per heavy atom. The molecule has 37 heavy (non-hydrogen) atoms. The lowest BCUT2D eigenvalue weighted by Crippen LogP contribution is -2.48. The maximum Gasteiger partial charge on any atom is 0.255 e. The molecule has 192 valence electrons. The van der Waals surface area contributed by atoms with Crippen LogP contribution in [0.15, 0.2) is 28.1 Å². The van der Waals surface area contributed by atoms with Crippen LogP contribution in [0.5, 0.6) is 0 Å². The summed E-state index contributed by atoms with van der Waals surface area (Å²) in [7, 11) is 0. The smallest absolute Gasteiger partial charge is 0.255 e. The summed E-state index contributed by atoms with van der Waals surface area (Å²) in [6, 6.07) is 4.01. The van der Waals surface area contributed by atoms with Gasteiger partial charge in [-0.25, -0.2) is 15.0 Å². The van der Waals surface area contributed by atoms with Crippen molar-refractivity contribution >= 4 is 39.5 Å². The normalized spacial score (nSPS) is 20.9. The number of piperidine rings is 1. The van der Waals surface area contributed by atoms with Gasteiger partial charge < -0.3 is 19.4 Å². The van der Waals surface area contributed by atoms with E-state index >= 15 is 0 Å². The molecule has 0 radical (unpaired) electrons. The fourth-order valence-electron chi connectivity index (χ4n) is 5.24. The van der Waals surface area contributed by atoms with Crippen LogP contribution in [0.4, 0.5) is 10.9 Å². The Bertz CT molecular complexity index is 1400. The number of ether oxygens (including phenoxy) is 1. The molecule has 1 N–H and O–H groups in total.